The van der Waals surface area contributed by atoms with E-state index in [0.717, 1.165) is 5.56 Å². The number of carbonyl (C=O) groups excluding carboxylic acids is 3. The first-order valence-electron chi connectivity index (χ1n) is 7.54. The standard InChI is InChI=1S/C16H20FN3O3/c1-19-11-15(22)20(16(19)23)10-2-3-14(21)18-9-8-12-4-6-13(17)7-5-12/h4-7H,2-3,8-11H2,1H3,(H,18,21). The molecule has 0 spiro atoms. The summed E-state index contributed by atoms with van der Waals surface area (Å²) in [5.41, 5.74) is 0.947. The zero-order valence-electron chi connectivity index (χ0n) is 13.0. The molecule has 0 aliphatic carbocycles. The van der Waals surface area contributed by atoms with Gasteiger partial charge in [0.2, 0.25) is 11.8 Å². The van der Waals surface area contributed by atoms with Gasteiger partial charge in [-0.15, -0.1) is 0 Å². The Morgan fingerprint density at radius 2 is 1.96 bits per heavy atom. The zero-order valence-corrected chi connectivity index (χ0v) is 13.0. The Morgan fingerprint density at radius 1 is 1.26 bits per heavy atom. The van der Waals surface area contributed by atoms with Gasteiger partial charge >= 0.3 is 6.03 Å². The van der Waals surface area contributed by atoms with Gasteiger partial charge in [-0.1, -0.05) is 12.1 Å². The maximum Gasteiger partial charge on any atom is 0.326 e. The summed E-state index contributed by atoms with van der Waals surface area (Å²) in [6.45, 7) is 0.824. The van der Waals surface area contributed by atoms with E-state index in [4.69, 9.17) is 0 Å². The molecule has 23 heavy (non-hydrogen) atoms. The lowest BCUT2D eigenvalue weighted by Gasteiger charge is -2.13. The quantitative estimate of drug-likeness (QED) is 0.766. The van der Waals surface area contributed by atoms with Gasteiger partial charge in [0.1, 0.15) is 12.4 Å². The Hall–Kier alpha value is -2.44. The number of nitrogens with zero attached hydrogens (tertiary/aromatic N) is 2. The van der Waals surface area contributed by atoms with Crippen molar-refractivity contribution in [1.29, 1.82) is 0 Å². The second-order valence-corrected chi connectivity index (χ2v) is 5.51. The van der Waals surface area contributed by atoms with E-state index in [1.165, 1.54) is 21.9 Å². The molecule has 0 unspecified atom stereocenters. The fraction of sp³-hybridized carbons (Fsp3) is 0.438. The molecule has 0 atom stereocenters. The number of rotatable bonds is 7. The fourth-order valence-electron chi connectivity index (χ4n) is 2.37. The van der Waals surface area contributed by atoms with E-state index < -0.39 is 0 Å². The van der Waals surface area contributed by atoms with Crippen LogP contribution in [0.5, 0.6) is 0 Å². The summed E-state index contributed by atoms with van der Waals surface area (Å²) in [6, 6.07) is 5.83. The van der Waals surface area contributed by atoms with Crippen LogP contribution in [0.4, 0.5) is 9.18 Å². The van der Waals surface area contributed by atoms with Gasteiger partial charge in [-0.25, -0.2) is 9.18 Å². The third-order valence-corrected chi connectivity index (χ3v) is 3.67. The van der Waals surface area contributed by atoms with Gasteiger partial charge in [-0.05, 0) is 30.5 Å². The number of hydrogen-bond donors (Lipinski definition) is 1. The molecule has 124 valence electrons. The smallest absolute Gasteiger partial charge is 0.326 e. The molecule has 0 radical (unpaired) electrons. The van der Waals surface area contributed by atoms with Gasteiger partial charge in [-0.2, -0.15) is 0 Å². The summed E-state index contributed by atoms with van der Waals surface area (Å²) >= 11 is 0. The molecule has 1 N–H and O–H groups in total. The molecular formula is C16H20FN3O3. The van der Waals surface area contributed by atoms with Crippen LogP contribution < -0.4 is 5.32 Å². The summed E-state index contributed by atoms with van der Waals surface area (Å²) in [5.74, 6) is -0.636. The number of carbonyl (C=O) groups is 3. The van der Waals surface area contributed by atoms with Crippen LogP contribution in [-0.4, -0.2) is 54.3 Å². The summed E-state index contributed by atoms with van der Waals surface area (Å²) in [7, 11) is 1.57. The molecule has 1 aromatic carbocycles. The van der Waals surface area contributed by atoms with Gasteiger partial charge in [0.25, 0.3) is 0 Å². The maximum atomic E-state index is 12.8. The predicted molar refractivity (Wildman–Crippen MR) is 82.1 cm³/mol. The van der Waals surface area contributed by atoms with E-state index >= 15 is 0 Å². The van der Waals surface area contributed by atoms with Gasteiger partial charge in [0.15, 0.2) is 0 Å². The number of hydrogen-bond acceptors (Lipinski definition) is 3. The molecule has 7 heteroatoms. The average molecular weight is 321 g/mol. The molecule has 1 saturated heterocycles. The van der Waals surface area contributed by atoms with Crippen molar-refractivity contribution in [3.8, 4) is 0 Å². The van der Waals surface area contributed by atoms with Crippen molar-refractivity contribution in [3.05, 3.63) is 35.6 Å². The highest BCUT2D eigenvalue weighted by atomic mass is 19.1. The molecular weight excluding hydrogens is 301 g/mol. The Balaban J connectivity index is 1.63. The van der Waals surface area contributed by atoms with E-state index in [1.54, 1.807) is 19.2 Å². The van der Waals surface area contributed by atoms with E-state index in [0.29, 0.717) is 19.4 Å². The number of nitrogens with one attached hydrogen (secondary N) is 1. The van der Waals surface area contributed by atoms with Crippen LogP contribution in [0, 0.1) is 5.82 Å². The number of halogens is 1. The van der Waals surface area contributed by atoms with E-state index in [1.807, 2.05) is 0 Å². The van der Waals surface area contributed by atoms with Crippen LogP contribution in [0.1, 0.15) is 18.4 Å². The fourth-order valence-corrected chi connectivity index (χ4v) is 2.37. The van der Waals surface area contributed by atoms with E-state index in [9.17, 15) is 18.8 Å². The van der Waals surface area contributed by atoms with Crippen LogP contribution >= 0.6 is 0 Å². The minimum Gasteiger partial charge on any atom is -0.356 e. The monoisotopic (exact) mass is 321 g/mol. The van der Waals surface area contributed by atoms with Gasteiger partial charge in [0, 0.05) is 26.6 Å². The van der Waals surface area contributed by atoms with Crippen LogP contribution in [0.25, 0.3) is 0 Å². The first-order chi connectivity index (χ1) is 11.0. The summed E-state index contributed by atoms with van der Waals surface area (Å²) in [4.78, 5) is 37.5. The molecule has 0 saturated carbocycles. The normalized spacial score (nSPS) is 14.5. The van der Waals surface area contributed by atoms with Crippen LogP contribution in [0.3, 0.4) is 0 Å². The SMILES string of the molecule is CN1CC(=O)N(CCCC(=O)NCCc2ccc(F)cc2)C1=O. The molecule has 4 amide bonds. The number of benzene rings is 1. The van der Waals surface area contributed by atoms with Crippen molar-refractivity contribution >= 4 is 17.8 Å². The molecule has 0 aromatic heterocycles. The lowest BCUT2D eigenvalue weighted by atomic mass is 10.1. The summed E-state index contributed by atoms with van der Waals surface area (Å²) < 4.78 is 12.8. The molecule has 2 rings (SSSR count). The number of likely N-dealkylation sites (N-methyl/N-ethyl adjacent to an activating group) is 1. The van der Waals surface area contributed by atoms with Crippen molar-refractivity contribution in [2.75, 3.05) is 26.7 Å². The van der Waals surface area contributed by atoms with Crippen molar-refractivity contribution in [2.24, 2.45) is 0 Å². The van der Waals surface area contributed by atoms with Crippen LogP contribution in [0.15, 0.2) is 24.3 Å². The van der Waals surface area contributed by atoms with E-state index in [2.05, 4.69) is 5.32 Å². The Bertz CT molecular complexity index is 589. The predicted octanol–water partition coefficient (Wildman–Crippen LogP) is 1.16. The summed E-state index contributed by atoms with van der Waals surface area (Å²) in [5, 5.41) is 2.77. The lowest BCUT2D eigenvalue weighted by Crippen LogP contribution is -2.33. The lowest BCUT2D eigenvalue weighted by molar-refractivity contribution is -0.126. The minimum absolute atomic E-state index is 0.0999. The van der Waals surface area contributed by atoms with Crippen LogP contribution in [0.2, 0.25) is 0 Å². The number of imide groups is 1. The highest BCUT2D eigenvalue weighted by Crippen LogP contribution is 2.09. The van der Waals surface area contributed by atoms with Gasteiger partial charge < -0.3 is 10.2 Å². The van der Waals surface area contributed by atoms with Crippen LogP contribution in [-0.2, 0) is 16.0 Å². The second kappa shape index (κ2) is 7.71. The minimum atomic E-state index is -0.313. The number of urea groups is 1. The van der Waals surface area contributed by atoms with Gasteiger partial charge in [-0.3, -0.25) is 14.5 Å². The van der Waals surface area contributed by atoms with Gasteiger partial charge in [0.05, 0.1) is 0 Å². The average Bonchev–Trinajstić information content (AvgIpc) is 2.75. The number of amides is 4. The molecule has 1 fully saturated rings. The molecule has 1 aliphatic rings. The van der Waals surface area contributed by atoms with E-state index in [-0.39, 0.29) is 43.2 Å². The van der Waals surface area contributed by atoms with Crippen molar-refractivity contribution in [2.45, 2.75) is 19.3 Å². The maximum absolute atomic E-state index is 12.8. The molecule has 0 bridgehead atoms. The molecule has 6 nitrogen and oxygen atoms in total. The highest BCUT2D eigenvalue weighted by molar-refractivity contribution is 6.01. The molecule has 1 aliphatic heterocycles. The first kappa shape index (κ1) is 16.9. The molecule has 1 aromatic rings. The summed E-state index contributed by atoms with van der Waals surface area (Å²) in [6.07, 6.45) is 1.32. The highest BCUT2D eigenvalue weighted by Gasteiger charge is 2.32. The first-order valence-corrected chi connectivity index (χ1v) is 7.54. The zero-order chi connectivity index (χ0) is 16.8. The second-order valence-electron chi connectivity index (χ2n) is 5.51. The third-order valence-electron chi connectivity index (χ3n) is 3.67. The largest absolute Gasteiger partial charge is 0.356 e. The Kier molecular flexibility index (Phi) is 5.67. The topological polar surface area (TPSA) is 69.7 Å². The third kappa shape index (κ3) is 4.77. The Morgan fingerprint density at radius 3 is 2.57 bits per heavy atom. The molecule has 1 heterocycles. The van der Waals surface area contributed by atoms with Crippen molar-refractivity contribution in [3.63, 3.8) is 0 Å². The van der Waals surface area contributed by atoms with Crippen molar-refractivity contribution in [1.82, 2.24) is 15.1 Å². The van der Waals surface area contributed by atoms with Crippen molar-refractivity contribution < 1.29 is 18.8 Å². The Labute approximate surface area is 134 Å².